The predicted octanol–water partition coefficient (Wildman–Crippen LogP) is 4.55. The first-order valence-corrected chi connectivity index (χ1v) is 5.85. The molecule has 1 saturated heterocycles. The molecule has 0 aliphatic carbocycles. The van der Waals surface area contributed by atoms with Gasteiger partial charge in [0.15, 0.2) is 11.4 Å². The van der Waals surface area contributed by atoms with Crippen LogP contribution in [0.3, 0.4) is 0 Å². The molecule has 2 aromatic carbocycles. The standard InChI is InChI=1S/C9H7NO.C7H5N/c1-10-8-4-2-7(3-5-8)9-6-11-9;1-8-7-5-3-2-4-6-7/h2-5,9H,6H2;2-6H/t9-;/m1./s1. The number of ether oxygens (including phenoxy) is 1. The van der Waals surface area contributed by atoms with Crippen molar-refractivity contribution in [1.29, 1.82) is 0 Å². The highest BCUT2D eigenvalue weighted by Crippen LogP contribution is 2.30. The Balaban J connectivity index is 0.000000148. The minimum absolute atomic E-state index is 0.301. The van der Waals surface area contributed by atoms with E-state index in [1.54, 1.807) is 12.1 Å². The van der Waals surface area contributed by atoms with Crippen molar-refractivity contribution in [3.63, 3.8) is 0 Å². The summed E-state index contributed by atoms with van der Waals surface area (Å²) in [6.45, 7) is 14.1. The van der Waals surface area contributed by atoms with Gasteiger partial charge in [0.1, 0.15) is 6.10 Å². The van der Waals surface area contributed by atoms with Crippen molar-refractivity contribution in [3.8, 4) is 0 Å². The van der Waals surface area contributed by atoms with Crippen molar-refractivity contribution in [3.05, 3.63) is 83.0 Å². The summed E-state index contributed by atoms with van der Waals surface area (Å²) in [5.41, 5.74) is 2.57. The molecule has 0 spiro atoms. The summed E-state index contributed by atoms with van der Waals surface area (Å²) >= 11 is 0. The maximum Gasteiger partial charge on any atom is 0.187 e. The van der Waals surface area contributed by atoms with E-state index in [-0.39, 0.29) is 0 Å². The monoisotopic (exact) mass is 248 g/mol. The van der Waals surface area contributed by atoms with E-state index in [0.717, 1.165) is 6.61 Å². The number of hydrogen-bond donors (Lipinski definition) is 0. The zero-order valence-corrected chi connectivity index (χ0v) is 10.3. The Bertz CT molecular complexity index is 602. The predicted molar refractivity (Wildman–Crippen MR) is 74.1 cm³/mol. The Labute approximate surface area is 112 Å². The number of nitrogens with zero attached hydrogens (tertiary/aromatic N) is 2. The van der Waals surface area contributed by atoms with Gasteiger partial charge in [-0.05, 0) is 5.56 Å². The molecule has 0 amide bonds. The molecule has 3 rings (SSSR count). The van der Waals surface area contributed by atoms with Crippen molar-refractivity contribution in [2.24, 2.45) is 0 Å². The second-order valence-corrected chi connectivity index (χ2v) is 3.97. The second-order valence-electron chi connectivity index (χ2n) is 3.97. The molecule has 0 N–H and O–H groups in total. The SMILES string of the molecule is [C-]#[N+]c1ccc([C@H]2CO2)cc1.[C-]#[N+]c1ccccc1. The lowest BCUT2D eigenvalue weighted by molar-refractivity contribution is 0.415. The zero-order chi connectivity index (χ0) is 13.5. The summed E-state index contributed by atoms with van der Waals surface area (Å²) in [6, 6.07) is 16.7. The third kappa shape index (κ3) is 3.96. The van der Waals surface area contributed by atoms with Crippen LogP contribution in [0.2, 0.25) is 0 Å². The third-order valence-electron chi connectivity index (χ3n) is 2.61. The molecule has 0 bridgehead atoms. The average Bonchev–Trinajstić information content (AvgIpc) is 3.34. The summed E-state index contributed by atoms with van der Waals surface area (Å²) in [5.74, 6) is 0. The number of benzene rings is 2. The summed E-state index contributed by atoms with van der Waals surface area (Å²) in [4.78, 5) is 6.52. The first kappa shape index (κ1) is 12.8. The van der Waals surface area contributed by atoms with Gasteiger partial charge in [0.05, 0.1) is 19.8 Å². The van der Waals surface area contributed by atoms with Crippen LogP contribution in [0.5, 0.6) is 0 Å². The normalized spacial score (nSPS) is 15.4. The molecule has 1 aliphatic heterocycles. The Morgan fingerprint density at radius 1 is 0.842 bits per heavy atom. The average molecular weight is 248 g/mol. The highest BCUT2D eigenvalue weighted by molar-refractivity contribution is 5.46. The van der Waals surface area contributed by atoms with Crippen molar-refractivity contribution < 1.29 is 4.74 Å². The lowest BCUT2D eigenvalue weighted by Gasteiger charge is -1.93. The molecular formula is C16H12N2O. The van der Waals surface area contributed by atoms with Gasteiger partial charge < -0.3 is 4.74 Å². The van der Waals surface area contributed by atoms with E-state index in [9.17, 15) is 0 Å². The fourth-order valence-corrected chi connectivity index (χ4v) is 1.51. The van der Waals surface area contributed by atoms with E-state index >= 15 is 0 Å². The fourth-order valence-electron chi connectivity index (χ4n) is 1.51. The second kappa shape index (κ2) is 6.35. The van der Waals surface area contributed by atoms with Crippen molar-refractivity contribution in [1.82, 2.24) is 0 Å². The van der Waals surface area contributed by atoms with E-state index in [1.807, 2.05) is 42.5 Å². The van der Waals surface area contributed by atoms with Crippen LogP contribution in [0.1, 0.15) is 11.7 Å². The Kier molecular flexibility index (Phi) is 4.29. The highest BCUT2D eigenvalue weighted by Gasteiger charge is 2.23. The Morgan fingerprint density at radius 3 is 1.79 bits per heavy atom. The van der Waals surface area contributed by atoms with Gasteiger partial charge in [-0.2, -0.15) is 0 Å². The van der Waals surface area contributed by atoms with Gasteiger partial charge in [0.2, 0.25) is 0 Å². The van der Waals surface area contributed by atoms with Crippen molar-refractivity contribution >= 4 is 11.4 Å². The zero-order valence-electron chi connectivity index (χ0n) is 10.3. The molecule has 1 atom stereocenters. The van der Waals surface area contributed by atoms with E-state index < -0.39 is 0 Å². The van der Waals surface area contributed by atoms with Crippen LogP contribution in [-0.2, 0) is 4.74 Å². The van der Waals surface area contributed by atoms with Crippen LogP contribution in [0.25, 0.3) is 9.69 Å². The molecule has 0 aromatic heterocycles. The van der Waals surface area contributed by atoms with Gasteiger partial charge in [-0.15, -0.1) is 0 Å². The fraction of sp³-hybridized carbons (Fsp3) is 0.125. The van der Waals surface area contributed by atoms with Crippen LogP contribution in [0, 0.1) is 13.1 Å². The minimum atomic E-state index is 0.301. The van der Waals surface area contributed by atoms with E-state index in [2.05, 4.69) is 9.69 Å². The largest absolute Gasteiger partial charge is 0.368 e. The Morgan fingerprint density at radius 2 is 1.37 bits per heavy atom. The summed E-state index contributed by atoms with van der Waals surface area (Å²) in [7, 11) is 0. The first-order valence-electron chi connectivity index (χ1n) is 5.85. The van der Waals surface area contributed by atoms with Gasteiger partial charge in [-0.1, -0.05) is 54.6 Å². The van der Waals surface area contributed by atoms with Crippen LogP contribution < -0.4 is 0 Å². The Hall–Kier alpha value is -2.62. The van der Waals surface area contributed by atoms with Crippen LogP contribution in [-0.4, -0.2) is 6.61 Å². The highest BCUT2D eigenvalue weighted by atomic mass is 16.6. The minimum Gasteiger partial charge on any atom is -0.368 e. The quantitative estimate of drug-likeness (QED) is 0.536. The smallest absolute Gasteiger partial charge is 0.187 e. The molecule has 0 radical (unpaired) electrons. The lowest BCUT2D eigenvalue weighted by atomic mass is 10.1. The van der Waals surface area contributed by atoms with Crippen molar-refractivity contribution in [2.75, 3.05) is 6.61 Å². The van der Waals surface area contributed by atoms with E-state index in [0.29, 0.717) is 17.5 Å². The van der Waals surface area contributed by atoms with Crippen molar-refractivity contribution in [2.45, 2.75) is 6.10 Å². The maximum atomic E-state index is 6.73. The van der Waals surface area contributed by atoms with Gasteiger partial charge in [-0.25, -0.2) is 9.69 Å². The van der Waals surface area contributed by atoms with Gasteiger partial charge in [0.25, 0.3) is 0 Å². The molecular weight excluding hydrogens is 236 g/mol. The molecule has 1 heterocycles. The molecule has 3 nitrogen and oxygen atoms in total. The summed E-state index contributed by atoms with van der Waals surface area (Å²) in [6.07, 6.45) is 0.301. The van der Waals surface area contributed by atoms with Gasteiger partial charge in [-0.3, -0.25) is 0 Å². The number of epoxide rings is 1. The van der Waals surface area contributed by atoms with Crippen LogP contribution in [0.4, 0.5) is 11.4 Å². The molecule has 3 heteroatoms. The van der Waals surface area contributed by atoms with Gasteiger partial charge >= 0.3 is 0 Å². The van der Waals surface area contributed by atoms with E-state index in [4.69, 9.17) is 17.9 Å². The summed E-state index contributed by atoms with van der Waals surface area (Å²) in [5, 5.41) is 0. The molecule has 92 valence electrons. The molecule has 19 heavy (non-hydrogen) atoms. The number of rotatable bonds is 1. The third-order valence-corrected chi connectivity index (χ3v) is 2.61. The molecule has 0 saturated carbocycles. The topological polar surface area (TPSA) is 21.2 Å². The molecule has 0 unspecified atom stereocenters. The first-order chi connectivity index (χ1) is 9.33. The molecule has 2 aromatic rings. The summed E-state index contributed by atoms with van der Waals surface area (Å²) < 4.78 is 5.09. The van der Waals surface area contributed by atoms with Gasteiger partial charge in [0, 0.05) is 0 Å². The van der Waals surface area contributed by atoms with E-state index in [1.165, 1.54) is 5.56 Å². The van der Waals surface area contributed by atoms with Crippen LogP contribution >= 0.6 is 0 Å². The molecule has 1 fully saturated rings. The number of para-hydroxylation sites is 1. The maximum absolute atomic E-state index is 6.73. The number of hydrogen-bond acceptors (Lipinski definition) is 1. The molecule has 1 aliphatic rings. The van der Waals surface area contributed by atoms with Crippen LogP contribution in [0.15, 0.2) is 54.6 Å². The lowest BCUT2D eigenvalue weighted by Crippen LogP contribution is -1.76.